The molecule has 1 saturated carbocycles. The van der Waals surface area contributed by atoms with Crippen molar-refractivity contribution in [3.05, 3.63) is 0 Å². The third-order valence-electron chi connectivity index (χ3n) is 2.51. The number of methoxy groups -OCH3 is 2. The Labute approximate surface area is 96.5 Å². The van der Waals surface area contributed by atoms with Gasteiger partial charge in [-0.25, -0.2) is 0 Å². The lowest BCUT2D eigenvalue weighted by Gasteiger charge is -2.14. The van der Waals surface area contributed by atoms with Crippen LogP contribution in [0.2, 0.25) is 0 Å². The summed E-state index contributed by atoms with van der Waals surface area (Å²) in [5.41, 5.74) is 0. The second kappa shape index (κ2) is 4.95. The molecule has 0 aromatic heterocycles. The van der Waals surface area contributed by atoms with Gasteiger partial charge in [0.1, 0.15) is 0 Å². The maximum absolute atomic E-state index is 11.4. The second-order valence-electron chi connectivity index (χ2n) is 3.33. The minimum Gasteiger partial charge on any atom is -0.469 e. The summed E-state index contributed by atoms with van der Waals surface area (Å²) in [5, 5.41) is 0. The Kier molecular flexibility index (Phi) is 4.15. The van der Waals surface area contributed by atoms with E-state index in [9.17, 15) is 9.59 Å². The zero-order valence-electron chi connectivity index (χ0n) is 8.16. The minimum atomic E-state index is -0.325. The number of halogens is 1. The Morgan fingerprint density at radius 2 is 1.43 bits per heavy atom. The molecule has 0 bridgehead atoms. The Morgan fingerprint density at radius 3 is 1.71 bits per heavy atom. The van der Waals surface area contributed by atoms with Crippen molar-refractivity contribution in [2.24, 2.45) is 11.8 Å². The van der Waals surface area contributed by atoms with Crippen molar-refractivity contribution < 1.29 is 19.1 Å². The molecule has 1 aliphatic rings. The molecule has 0 spiro atoms. The van der Waals surface area contributed by atoms with Gasteiger partial charge in [0.05, 0.1) is 26.1 Å². The zero-order chi connectivity index (χ0) is 10.7. The molecule has 0 aromatic carbocycles. The maximum atomic E-state index is 11.4. The van der Waals surface area contributed by atoms with E-state index in [0.717, 1.165) is 0 Å². The predicted octanol–water partition coefficient (Wildman–Crippen LogP) is 1.16. The highest BCUT2D eigenvalue weighted by Crippen LogP contribution is 2.37. The summed E-state index contributed by atoms with van der Waals surface area (Å²) >= 11 is 2.25. The van der Waals surface area contributed by atoms with Gasteiger partial charge in [-0.15, -0.1) is 0 Å². The lowest BCUT2D eigenvalue weighted by Crippen LogP contribution is -2.27. The largest absolute Gasteiger partial charge is 0.469 e. The lowest BCUT2D eigenvalue weighted by atomic mass is 9.96. The lowest BCUT2D eigenvalue weighted by molar-refractivity contribution is -0.156. The molecule has 0 N–H and O–H groups in total. The smallest absolute Gasteiger partial charge is 0.309 e. The Hall–Kier alpha value is -0.330. The fourth-order valence-electron chi connectivity index (χ4n) is 1.80. The third-order valence-corrected chi connectivity index (χ3v) is 3.53. The predicted molar refractivity (Wildman–Crippen MR) is 58.1 cm³/mol. The third kappa shape index (κ3) is 2.37. The van der Waals surface area contributed by atoms with Gasteiger partial charge in [0.25, 0.3) is 0 Å². The number of hydrogen-bond donors (Lipinski definition) is 0. The van der Waals surface area contributed by atoms with Crippen molar-refractivity contribution in [2.45, 2.75) is 16.8 Å². The van der Waals surface area contributed by atoms with E-state index in [1.807, 2.05) is 0 Å². The van der Waals surface area contributed by atoms with Crippen LogP contribution < -0.4 is 0 Å². The van der Waals surface area contributed by atoms with Crippen molar-refractivity contribution in [2.75, 3.05) is 14.2 Å². The first-order chi connectivity index (χ1) is 6.60. The fraction of sp³-hybridized carbons (Fsp3) is 0.778. The van der Waals surface area contributed by atoms with Crippen LogP contribution in [0.5, 0.6) is 0 Å². The molecule has 80 valence electrons. The Bertz CT molecular complexity index is 217. The number of alkyl halides is 1. The highest BCUT2D eigenvalue weighted by atomic mass is 127. The van der Waals surface area contributed by atoms with Gasteiger partial charge < -0.3 is 9.47 Å². The minimum absolute atomic E-state index is 0.306. The average molecular weight is 312 g/mol. The molecule has 0 heterocycles. The molecule has 1 rings (SSSR count). The van der Waals surface area contributed by atoms with Crippen LogP contribution in [0, 0.1) is 11.8 Å². The zero-order valence-corrected chi connectivity index (χ0v) is 10.3. The topological polar surface area (TPSA) is 52.6 Å². The van der Waals surface area contributed by atoms with E-state index in [1.165, 1.54) is 14.2 Å². The van der Waals surface area contributed by atoms with Crippen LogP contribution in [0.15, 0.2) is 0 Å². The molecule has 14 heavy (non-hydrogen) atoms. The molecule has 0 radical (unpaired) electrons. The molecule has 1 fully saturated rings. The highest BCUT2D eigenvalue weighted by molar-refractivity contribution is 14.1. The van der Waals surface area contributed by atoms with Crippen molar-refractivity contribution in [1.29, 1.82) is 0 Å². The first-order valence-corrected chi connectivity index (χ1v) is 5.64. The summed E-state index contributed by atoms with van der Waals surface area (Å²) in [6, 6.07) is 0. The monoisotopic (exact) mass is 312 g/mol. The van der Waals surface area contributed by atoms with Crippen LogP contribution in [-0.4, -0.2) is 30.1 Å². The van der Waals surface area contributed by atoms with Gasteiger partial charge in [0, 0.05) is 3.92 Å². The van der Waals surface area contributed by atoms with Gasteiger partial charge >= 0.3 is 11.9 Å². The highest BCUT2D eigenvalue weighted by Gasteiger charge is 2.43. The van der Waals surface area contributed by atoms with Gasteiger partial charge in [-0.2, -0.15) is 0 Å². The summed E-state index contributed by atoms with van der Waals surface area (Å²) in [4.78, 5) is 22.7. The second-order valence-corrected chi connectivity index (χ2v) is 5.09. The van der Waals surface area contributed by atoms with E-state index >= 15 is 0 Å². The van der Waals surface area contributed by atoms with Crippen LogP contribution in [0.1, 0.15) is 12.8 Å². The van der Waals surface area contributed by atoms with Crippen LogP contribution in [0.25, 0.3) is 0 Å². The van der Waals surface area contributed by atoms with Crippen LogP contribution in [0.4, 0.5) is 0 Å². The molecule has 0 saturated heterocycles. The van der Waals surface area contributed by atoms with E-state index in [-0.39, 0.29) is 23.8 Å². The van der Waals surface area contributed by atoms with Gasteiger partial charge in [0.2, 0.25) is 0 Å². The molecule has 0 amide bonds. The maximum Gasteiger partial charge on any atom is 0.309 e. The first kappa shape index (κ1) is 11.7. The summed E-state index contributed by atoms with van der Waals surface area (Å²) in [6.07, 6.45) is 1.40. The number of rotatable bonds is 2. The van der Waals surface area contributed by atoms with Gasteiger partial charge in [-0.3, -0.25) is 9.59 Å². The van der Waals surface area contributed by atoms with Crippen LogP contribution in [0.3, 0.4) is 0 Å². The molecule has 0 unspecified atom stereocenters. The quantitative estimate of drug-likeness (QED) is 0.436. The standard InChI is InChI=1S/C9H13IO4/c1-13-8(11)6-3-5(10)4-7(6)9(12)14-2/h5-7H,3-4H2,1-2H3/t6-,7-/m0/s1. The SMILES string of the molecule is COC(=O)[C@H]1CC(I)C[C@@H]1C(=O)OC. The van der Waals surface area contributed by atoms with Crippen LogP contribution >= 0.6 is 22.6 Å². The van der Waals surface area contributed by atoms with Crippen molar-refractivity contribution in [1.82, 2.24) is 0 Å². The fourth-order valence-corrected chi connectivity index (χ4v) is 2.90. The number of hydrogen-bond acceptors (Lipinski definition) is 4. The molecular weight excluding hydrogens is 299 g/mol. The summed E-state index contributed by atoms with van der Waals surface area (Å²) < 4.78 is 9.66. The van der Waals surface area contributed by atoms with Crippen LogP contribution in [-0.2, 0) is 19.1 Å². The Balaban J connectivity index is 2.72. The molecule has 4 nitrogen and oxygen atoms in total. The Morgan fingerprint density at radius 1 is 1.07 bits per heavy atom. The summed E-state index contributed by atoms with van der Waals surface area (Å²) in [7, 11) is 2.69. The first-order valence-electron chi connectivity index (χ1n) is 4.39. The van der Waals surface area contributed by atoms with E-state index in [0.29, 0.717) is 16.8 Å². The van der Waals surface area contributed by atoms with Crippen molar-refractivity contribution >= 4 is 34.5 Å². The summed E-state index contributed by atoms with van der Waals surface area (Å²) in [5.74, 6) is -1.26. The summed E-state index contributed by atoms with van der Waals surface area (Å²) in [6.45, 7) is 0. The van der Waals surface area contributed by atoms with Gasteiger partial charge in [0.15, 0.2) is 0 Å². The number of ether oxygens (including phenoxy) is 2. The van der Waals surface area contributed by atoms with Gasteiger partial charge in [-0.05, 0) is 12.8 Å². The molecule has 2 atom stereocenters. The van der Waals surface area contributed by atoms with Crippen molar-refractivity contribution in [3.63, 3.8) is 0 Å². The van der Waals surface area contributed by atoms with Crippen molar-refractivity contribution in [3.8, 4) is 0 Å². The molecular formula is C9H13IO4. The number of carbonyl (C=O) groups excluding carboxylic acids is 2. The normalized spacial score (nSPS) is 27.4. The molecule has 0 aliphatic heterocycles. The van der Waals surface area contributed by atoms with E-state index in [4.69, 9.17) is 0 Å². The van der Waals surface area contributed by atoms with E-state index in [1.54, 1.807) is 0 Å². The number of carbonyl (C=O) groups is 2. The number of esters is 2. The van der Waals surface area contributed by atoms with E-state index < -0.39 is 0 Å². The average Bonchev–Trinajstić information content (AvgIpc) is 2.58. The molecule has 5 heteroatoms. The molecule has 0 aromatic rings. The van der Waals surface area contributed by atoms with Gasteiger partial charge in [-0.1, -0.05) is 22.6 Å². The molecule has 1 aliphatic carbocycles. The van der Waals surface area contributed by atoms with E-state index in [2.05, 4.69) is 32.1 Å².